The van der Waals surface area contributed by atoms with Crippen LogP contribution >= 0.6 is 10.7 Å². The lowest BCUT2D eigenvalue weighted by Gasteiger charge is -2.49. The Morgan fingerprint density at radius 3 is 2.50 bits per heavy atom. The molecule has 2 bridgehead atoms. The highest BCUT2D eigenvalue weighted by molar-refractivity contribution is 8.13. The molecule has 3 atom stereocenters. The Bertz CT molecular complexity index is 485. The lowest BCUT2D eigenvalue weighted by atomic mass is 9.73. The van der Waals surface area contributed by atoms with Gasteiger partial charge in [-0.15, -0.1) is 0 Å². The maximum absolute atomic E-state index is 12.2. The van der Waals surface area contributed by atoms with Gasteiger partial charge in [-0.3, -0.25) is 0 Å². The Hall–Kier alpha value is -0.490. The van der Waals surface area contributed by atoms with E-state index in [1.165, 1.54) is 0 Å². The van der Waals surface area contributed by atoms with Crippen molar-refractivity contribution < 1.29 is 17.9 Å². The largest absolute Gasteiger partial charge is 0.444 e. The fourth-order valence-corrected chi connectivity index (χ4v) is 4.66. The second-order valence-electron chi connectivity index (χ2n) is 6.84. The second kappa shape index (κ2) is 5.37. The first-order chi connectivity index (χ1) is 9.05. The average Bonchev–Trinajstić information content (AvgIpc) is 2.24. The summed E-state index contributed by atoms with van der Waals surface area (Å²) >= 11 is 0. The van der Waals surface area contributed by atoms with Gasteiger partial charge in [0, 0.05) is 23.3 Å². The van der Waals surface area contributed by atoms with Crippen LogP contribution in [0.2, 0.25) is 0 Å². The number of nitrogens with zero attached hydrogens (tertiary/aromatic N) is 1. The summed E-state index contributed by atoms with van der Waals surface area (Å²) in [5.41, 5.74) is -0.540. The minimum Gasteiger partial charge on any atom is -0.444 e. The van der Waals surface area contributed by atoms with Gasteiger partial charge in [-0.1, -0.05) is 0 Å². The van der Waals surface area contributed by atoms with Crippen LogP contribution in [0, 0.1) is 11.8 Å². The first-order valence-corrected chi connectivity index (χ1v) is 9.45. The molecule has 0 radical (unpaired) electrons. The zero-order valence-electron chi connectivity index (χ0n) is 12.1. The minimum absolute atomic E-state index is 0.0605. The molecule has 5 nitrogen and oxygen atoms in total. The zero-order valence-corrected chi connectivity index (χ0v) is 13.7. The first-order valence-electron chi connectivity index (χ1n) is 6.97. The summed E-state index contributed by atoms with van der Waals surface area (Å²) in [4.78, 5) is 13.9. The summed E-state index contributed by atoms with van der Waals surface area (Å²) in [6.45, 7) is 6.15. The third-order valence-corrected chi connectivity index (χ3v) is 5.15. The fraction of sp³-hybridized carbons (Fsp3) is 0.923. The molecular formula is C13H22ClNO4S. The molecule has 0 aromatic rings. The minimum atomic E-state index is -3.54. The number of amides is 1. The molecule has 0 N–H and O–H groups in total. The molecule has 3 aliphatic rings. The number of halogens is 1. The van der Waals surface area contributed by atoms with E-state index in [1.54, 1.807) is 4.90 Å². The predicted octanol–water partition coefficient (Wildman–Crippen LogP) is 2.59. The normalized spacial score (nSPS) is 30.4. The standard InChI is InChI=1S/C13H22ClNO4S/c1-13(2,3)19-12(16)15-7-9-4-5-11(15)10(6-9)8-20(14,17)18/h9-11H,4-8H2,1-3H3. The summed E-state index contributed by atoms with van der Waals surface area (Å²) in [5, 5.41) is 0. The highest BCUT2D eigenvalue weighted by atomic mass is 35.7. The van der Waals surface area contributed by atoms with Crippen molar-refractivity contribution in [2.75, 3.05) is 12.3 Å². The number of rotatable bonds is 2. The number of piperidine rings is 2. The molecule has 2 saturated heterocycles. The Kier molecular flexibility index (Phi) is 4.27. The maximum atomic E-state index is 12.2. The second-order valence-corrected chi connectivity index (χ2v) is 9.67. The van der Waals surface area contributed by atoms with Gasteiger partial charge in [0.25, 0.3) is 0 Å². The lowest BCUT2D eigenvalue weighted by molar-refractivity contribution is -0.0279. The van der Waals surface area contributed by atoms with Crippen molar-refractivity contribution in [1.29, 1.82) is 0 Å². The van der Waals surface area contributed by atoms with E-state index in [9.17, 15) is 13.2 Å². The summed E-state index contributed by atoms with van der Waals surface area (Å²) in [7, 11) is 1.84. The number of fused-ring (bicyclic) bond motifs is 3. The quantitative estimate of drug-likeness (QED) is 0.733. The summed E-state index contributed by atoms with van der Waals surface area (Å²) in [6, 6.07) is -0.0663. The SMILES string of the molecule is CC(C)(C)OC(=O)N1CC2CCC1C(CS(=O)(=O)Cl)C2. The summed E-state index contributed by atoms with van der Waals surface area (Å²) in [6.07, 6.45) is 2.36. The molecule has 1 amide bonds. The average molecular weight is 324 g/mol. The van der Waals surface area contributed by atoms with Gasteiger partial charge in [-0.2, -0.15) is 0 Å². The van der Waals surface area contributed by atoms with Gasteiger partial charge in [-0.25, -0.2) is 13.2 Å². The fourth-order valence-electron chi connectivity index (χ4n) is 3.30. The van der Waals surface area contributed by atoms with Gasteiger partial charge in [-0.05, 0) is 51.9 Å². The van der Waals surface area contributed by atoms with Crippen LogP contribution < -0.4 is 0 Å². The molecule has 7 heteroatoms. The molecule has 2 aliphatic heterocycles. The number of carbonyl (C=O) groups excluding carboxylic acids is 1. The predicted molar refractivity (Wildman–Crippen MR) is 77.2 cm³/mol. The molecule has 2 heterocycles. The zero-order chi connectivity index (χ0) is 15.1. The highest BCUT2D eigenvalue weighted by Gasteiger charge is 2.45. The number of hydrogen-bond acceptors (Lipinski definition) is 4. The topological polar surface area (TPSA) is 63.7 Å². The molecule has 20 heavy (non-hydrogen) atoms. The number of ether oxygens (including phenoxy) is 1. The third-order valence-electron chi connectivity index (χ3n) is 3.95. The van der Waals surface area contributed by atoms with Crippen LogP contribution in [0.25, 0.3) is 0 Å². The monoisotopic (exact) mass is 323 g/mol. The van der Waals surface area contributed by atoms with Crippen LogP contribution in [0.3, 0.4) is 0 Å². The van der Waals surface area contributed by atoms with Crippen LogP contribution in [0.15, 0.2) is 0 Å². The van der Waals surface area contributed by atoms with Crippen molar-refractivity contribution in [2.24, 2.45) is 11.8 Å². The van der Waals surface area contributed by atoms with Gasteiger partial charge < -0.3 is 9.64 Å². The van der Waals surface area contributed by atoms with Crippen LogP contribution in [-0.2, 0) is 13.8 Å². The third kappa shape index (κ3) is 4.01. The summed E-state index contributed by atoms with van der Waals surface area (Å²) < 4.78 is 28.0. The molecule has 116 valence electrons. The van der Waals surface area contributed by atoms with Crippen molar-refractivity contribution >= 4 is 25.8 Å². The molecule has 3 fully saturated rings. The van der Waals surface area contributed by atoms with E-state index >= 15 is 0 Å². The van der Waals surface area contributed by atoms with Gasteiger partial charge in [0.15, 0.2) is 0 Å². The van der Waals surface area contributed by atoms with E-state index < -0.39 is 14.7 Å². The Morgan fingerprint density at radius 1 is 1.35 bits per heavy atom. The number of hydrogen-bond donors (Lipinski definition) is 0. The molecule has 1 saturated carbocycles. The highest BCUT2D eigenvalue weighted by Crippen LogP contribution is 2.40. The van der Waals surface area contributed by atoms with Crippen LogP contribution in [0.5, 0.6) is 0 Å². The lowest BCUT2D eigenvalue weighted by Crippen LogP contribution is -2.57. The molecule has 0 aromatic carbocycles. The number of carbonyl (C=O) groups is 1. The van der Waals surface area contributed by atoms with E-state index in [0.29, 0.717) is 12.5 Å². The summed E-state index contributed by atoms with van der Waals surface area (Å²) in [5.74, 6) is 0.225. The molecule has 3 rings (SSSR count). The van der Waals surface area contributed by atoms with Crippen LogP contribution in [-0.4, -0.2) is 43.4 Å². The van der Waals surface area contributed by atoms with E-state index in [1.807, 2.05) is 20.8 Å². The molecule has 0 spiro atoms. The van der Waals surface area contributed by atoms with Crippen LogP contribution in [0.1, 0.15) is 40.0 Å². The molecule has 1 aliphatic carbocycles. The molecule has 0 aromatic heterocycles. The van der Waals surface area contributed by atoms with Crippen LogP contribution in [0.4, 0.5) is 4.79 Å². The molecule has 3 unspecified atom stereocenters. The Balaban J connectivity index is 2.10. The van der Waals surface area contributed by atoms with Crippen molar-refractivity contribution in [1.82, 2.24) is 4.90 Å². The van der Waals surface area contributed by atoms with Gasteiger partial charge >= 0.3 is 6.09 Å². The van der Waals surface area contributed by atoms with E-state index in [-0.39, 0.29) is 23.8 Å². The molecular weight excluding hydrogens is 302 g/mol. The van der Waals surface area contributed by atoms with Gasteiger partial charge in [0.2, 0.25) is 9.05 Å². The van der Waals surface area contributed by atoms with E-state index in [2.05, 4.69) is 0 Å². The van der Waals surface area contributed by atoms with Crippen molar-refractivity contribution in [2.45, 2.75) is 51.7 Å². The maximum Gasteiger partial charge on any atom is 0.410 e. The Morgan fingerprint density at radius 2 is 2.00 bits per heavy atom. The van der Waals surface area contributed by atoms with Gasteiger partial charge in [0.1, 0.15) is 5.60 Å². The van der Waals surface area contributed by atoms with Crippen molar-refractivity contribution in [3.8, 4) is 0 Å². The van der Waals surface area contributed by atoms with Crippen molar-refractivity contribution in [3.63, 3.8) is 0 Å². The van der Waals surface area contributed by atoms with E-state index in [0.717, 1.165) is 19.3 Å². The van der Waals surface area contributed by atoms with Crippen molar-refractivity contribution in [3.05, 3.63) is 0 Å². The Labute approximate surface area is 125 Å². The van der Waals surface area contributed by atoms with E-state index in [4.69, 9.17) is 15.4 Å². The first kappa shape index (κ1) is 15.9. The van der Waals surface area contributed by atoms with Gasteiger partial charge in [0.05, 0.1) is 5.75 Å². The smallest absolute Gasteiger partial charge is 0.410 e.